The molecule has 5 nitrogen and oxygen atoms in total. The van der Waals surface area contributed by atoms with Gasteiger partial charge in [0.1, 0.15) is 5.75 Å². The Kier molecular flexibility index (Phi) is 5.36. The van der Waals surface area contributed by atoms with Crippen LogP contribution >= 0.6 is 11.6 Å². The van der Waals surface area contributed by atoms with Crippen LogP contribution in [0, 0.1) is 6.92 Å². The van der Waals surface area contributed by atoms with E-state index >= 15 is 0 Å². The quantitative estimate of drug-likeness (QED) is 0.729. The van der Waals surface area contributed by atoms with Crippen LogP contribution in [0.2, 0.25) is 5.02 Å². The van der Waals surface area contributed by atoms with E-state index in [2.05, 4.69) is 10.4 Å². The number of nitrogens with zero attached hydrogens (tertiary/aromatic N) is 2. The van der Waals surface area contributed by atoms with Crippen molar-refractivity contribution in [1.29, 1.82) is 0 Å². The zero-order valence-corrected chi connectivity index (χ0v) is 14.5. The smallest absolute Gasteiger partial charge is 0.262 e. The van der Waals surface area contributed by atoms with E-state index in [-0.39, 0.29) is 12.5 Å². The van der Waals surface area contributed by atoms with Crippen molar-refractivity contribution in [3.63, 3.8) is 0 Å². The van der Waals surface area contributed by atoms with Gasteiger partial charge in [-0.3, -0.25) is 9.48 Å². The standard InChI is InChI=1S/C19H18ClN3O2/c1-14-11-16(20)7-8-18(14)25-13-19(24)22-17-6-3-2-5-15(17)12-23-10-4-9-21-23/h2-11H,12-13H2,1H3,(H,22,24). The normalized spacial score (nSPS) is 10.5. The molecule has 3 aromatic rings. The number of hydrogen-bond donors (Lipinski definition) is 1. The highest BCUT2D eigenvalue weighted by Gasteiger charge is 2.09. The van der Waals surface area contributed by atoms with E-state index in [1.54, 1.807) is 29.1 Å². The molecule has 0 spiro atoms. The summed E-state index contributed by atoms with van der Waals surface area (Å²) in [5.41, 5.74) is 2.61. The molecule has 3 rings (SSSR count). The number of nitrogens with one attached hydrogen (secondary N) is 1. The summed E-state index contributed by atoms with van der Waals surface area (Å²) in [4.78, 5) is 12.2. The molecular formula is C19H18ClN3O2. The number of benzene rings is 2. The molecule has 0 unspecified atom stereocenters. The van der Waals surface area contributed by atoms with E-state index in [4.69, 9.17) is 16.3 Å². The van der Waals surface area contributed by atoms with Crippen LogP contribution in [0.25, 0.3) is 0 Å². The molecule has 6 heteroatoms. The highest BCUT2D eigenvalue weighted by atomic mass is 35.5. The average Bonchev–Trinajstić information content (AvgIpc) is 3.09. The molecule has 1 amide bonds. The third-order valence-electron chi connectivity index (χ3n) is 3.68. The summed E-state index contributed by atoms with van der Waals surface area (Å²) >= 11 is 5.92. The number of para-hydroxylation sites is 1. The third kappa shape index (κ3) is 4.61. The molecule has 0 saturated heterocycles. The fraction of sp³-hybridized carbons (Fsp3) is 0.158. The topological polar surface area (TPSA) is 56.1 Å². The van der Waals surface area contributed by atoms with E-state index in [0.29, 0.717) is 17.3 Å². The van der Waals surface area contributed by atoms with Gasteiger partial charge < -0.3 is 10.1 Å². The minimum absolute atomic E-state index is 0.0709. The van der Waals surface area contributed by atoms with Crippen molar-refractivity contribution in [3.05, 3.63) is 77.1 Å². The average molecular weight is 356 g/mol. The summed E-state index contributed by atoms with van der Waals surface area (Å²) in [5, 5.41) is 7.73. The Balaban J connectivity index is 1.63. The van der Waals surface area contributed by atoms with E-state index in [0.717, 1.165) is 16.8 Å². The minimum atomic E-state index is -0.220. The predicted molar refractivity (Wildman–Crippen MR) is 98.1 cm³/mol. The monoisotopic (exact) mass is 355 g/mol. The SMILES string of the molecule is Cc1cc(Cl)ccc1OCC(=O)Nc1ccccc1Cn1cccn1. The molecule has 1 heterocycles. The van der Waals surface area contributed by atoms with Gasteiger partial charge in [0.15, 0.2) is 6.61 Å². The third-order valence-corrected chi connectivity index (χ3v) is 3.91. The summed E-state index contributed by atoms with van der Waals surface area (Å²) in [6.45, 7) is 2.40. The minimum Gasteiger partial charge on any atom is -0.483 e. The number of hydrogen-bond acceptors (Lipinski definition) is 3. The molecule has 2 aromatic carbocycles. The maximum atomic E-state index is 12.2. The molecule has 0 aliphatic rings. The molecule has 0 bridgehead atoms. The molecule has 0 aliphatic carbocycles. The van der Waals surface area contributed by atoms with Crippen LogP contribution in [0.3, 0.4) is 0 Å². The highest BCUT2D eigenvalue weighted by molar-refractivity contribution is 6.30. The van der Waals surface area contributed by atoms with Crippen molar-refractivity contribution in [1.82, 2.24) is 9.78 Å². The van der Waals surface area contributed by atoms with Crippen molar-refractivity contribution in [3.8, 4) is 5.75 Å². The molecule has 128 valence electrons. The Labute approximate surface area is 151 Å². The van der Waals surface area contributed by atoms with Gasteiger partial charge in [-0.2, -0.15) is 5.10 Å². The molecular weight excluding hydrogens is 338 g/mol. The van der Waals surface area contributed by atoms with Crippen LogP contribution < -0.4 is 10.1 Å². The van der Waals surface area contributed by atoms with Gasteiger partial charge in [0, 0.05) is 23.1 Å². The van der Waals surface area contributed by atoms with Crippen molar-refractivity contribution in [2.45, 2.75) is 13.5 Å². The second-order valence-corrected chi connectivity index (χ2v) is 6.04. The molecule has 0 aliphatic heterocycles. The van der Waals surface area contributed by atoms with Crippen LogP contribution in [0.15, 0.2) is 60.9 Å². The summed E-state index contributed by atoms with van der Waals surface area (Å²) in [7, 11) is 0. The molecule has 0 saturated carbocycles. The fourth-order valence-electron chi connectivity index (χ4n) is 2.45. The Bertz CT molecular complexity index is 863. The van der Waals surface area contributed by atoms with E-state index in [1.165, 1.54) is 0 Å². The summed E-state index contributed by atoms with van der Waals surface area (Å²) in [6.07, 6.45) is 3.61. The van der Waals surface area contributed by atoms with Gasteiger partial charge in [-0.15, -0.1) is 0 Å². The zero-order valence-electron chi connectivity index (χ0n) is 13.8. The van der Waals surface area contributed by atoms with Crippen molar-refractivity contribution >= 4 is 23.2 Å². The fourth-order valence-corrected chi connectivity index (χ4v) is 2.68. The maximum absolute atomic E-state index is 12.2. The van der Waals surface area contributed by atoms with Crippen LogP contribution in [0.4, 0.5) is 5.69 Å². The van der Waals surface area contributed by atoms with Crippen LogP contribution in [0.5, 0.6) is 5.75 Å². The van der Waals surface area contributed by atoms with Gasteiger partial charge in [-0.05, 0) is 48.4 Å². The number of carbonyl (C=O) groups excluding carboxylic acids is 1. The first kappa shape index (κ1) is 17.0. The van der Waals surface area contributed by atoms with Gasteiger partial charge >= 0.3 is 0 Å². The second-order valence-electron chi connectivity index (χ2n) is 5.61. The molecule has 0 fully saturated rings. The summed E-state index contributed by atoms with van der Waals surface area (Å²) < 4.78 is 7.39. The van der Waals surface area contributed by atoms with Crippen molar-refractivity contribution in [2.24, 2.45) is 0 Å². The number of aromatic nitrogens is 2. The maximum Gasteiger partial charge on any atom is 0.262 e. The van der Waals surface area contributed by atoms with Gasteiger partial charge in [0.05, 0.1) is 6.54 Å². The number of halogens is 1. The Morgan fingerprint density at radius 1 is 1.24 bits per heavy atom. The van der Waals surface area contributed by atoms with Gasteiger partial charge in [-0.25, -0.2) is 0 Å². The van der Waals surface area contributed by atoms with E-state index in [1.807, 2.05) is 43.5 Å². The molecule has 25 heavy (non-hydrogen) atoms. The molecule has 1 aromatic heterocycles. The lowest BCUT2D eigenvalue weighted by atomic mass is 10.1. The number of anilines is 1. The van der Waals surface area contributed by atoms with Crippen LogP contribution in [0.1, 0.15) is 11.1 Å². The Morgan fingerprint density at radius 3 is 2.84 bits per heavy atom. The van der Waals surface area contributed by atoms with Gasteiger partial charge in [0.25, 0.3) is 5.91 Å². The first-order chi connectivity index (χ1) is 12.1. The van der Waals surface area contributed by atoms with Crippen molar-refractivity contribution < 1.29 is 9.53 Å². The molecule has 1 N–H and O–H groups in total. The lowest BCUT2D eigenvalue weighted by molar-refractivity contribution is -0.118. The van der Waals surface area contributed by atoms with Crippen molar-refractivity contribution in [2.75, 3.05) is 11.9 Å². The molecule has 0 atom stereocenters. The van der Waals surface area contributed by atoms with Gasteiger partial charge in [0.2, 0.25) is 0 Å². The Hall–Kier alpha value is -2.79. The summed E-state index contributed by atoms with van der Waals surface area (Å²) in [6, 6.07) is 14.8. The van der Waals surface area contributed by atoms with E-state index in [9.17, 15) is 4.79 Å². The highest BCUT2D eigenvalue weighted by Crippen LogP contribution is 2.22. The second kappa shape index (κ2) is 7.85. The Morgan fingerprint density at radius 2 is 2.08 bits per heavy atom. The van der Waals surface area contributed by atoms with Crippen LogP contribution in [-0.2, 0) is 11.3 Å². The number of rotatable bonds is 6. The number of carbonyl (C=O) groups is 1. The zero-order chi connectivity index (χ0) is 17.6. The number of aryl methyl sites for hydroxylation is 1. The lowest BCUT2D eigenvalue weighted by Gasteiger charge is -2.13. The largest absolute Gasteiger partial charge is 0.483 e. The first-order valence-corrected chi connectivity index (χ1v) is 8.24. The van der Waals surface area contributed by atoms with Crippen LogP contribution in [-0.4, -0.2) is 22.3 Å². The lowest BCUT2D eigenvalue weighted by Crippen LogP contribution is -2.21. The number of amides is 1. The summed E-state index contributed by atoms with van der Waals surface area (Å²) in [5.74, 6) is 0.423. The van der Waals surface area contributed by atoms with Gasteiger partial charge in [-0.1, -0.05) is 29.8 Å². The number of ether oxygens (including phenoxy) is 1. The molecule has 0 radical (unpaired) electrons. The first-order valence-electron chi connectivity index (χ1n) is 7.86. The van der Waals surface area contributed by atoms with E-state index < -0.39 is 0 Å². The predicted octanol–water partition coefficient (Wildman–Crippen LogP) is 3.91.